The van der Waals surface area contributed by atoms with E-state index < -0.39 is 0 Å². The van der Waals surface area contributed by atoms with Gasteiger partial charge in [0, 0.05) is 24.2 Å². The Hall–Kier alpha value is -1.51. The van der Waals surface area contributed by atoms with E-state index in [1.807, 2.05) is 24.3 Å². The Morgan fingerprint density at radius 3 is 2.65 bits per heavy atom. The van der Waals surface area contributed by atoms with Gasteiger partial charge in [-0.3, -0.25) is 4.79 Å². The SMILES string of the molecule is Nc1cccc(CN(C(=O)C2CC2)C2CC2)c1. The summed E-state index contributed by atoms with van der Waals surface area (Å²) < 4.78 is 0. The van der Waals surface area contributed by atoms with Gasteiger partial charge in [0.2, 0.25) is 5.91 Å². The average Bonchev–Trinajstić information content (AvgIpc) is 3.18. The number of rotatable bonds is 4. The topological polar surface area (TPSA) is 46.3 Å². The Kier molecular flexibility index (Phi) is 2.54. The van der Waals surface area contributed by atoms with Crippen molar-refractivity contribution in [2.24, 2.45) is 5.92 Å². The van der Waals surface area contributed by atoms with E-state index in [-0.39, 0.29) is 0 Å². The molecule has 1 aromatic carbocycles. The van der Waals surface area contributed by atoms with E-state index in [4.69, 9.17) is 5.73 Å². The minimum Gasteiger partial charge on any atom is -0.399 e. The molecule has 1 amide bonds. The van der Waals surface area contributed by atoms with Crippen molar-refractivity contribution in [2.45, 2.75) is 38.3 Å². The third-order valence-corrected chi connectivity index (χ3v) is 3.50. The number of nitrogens with two attached hydrogens (primary N) is 1. The molecule has 3 rings (SSSR count). The van der Waals surface area contributed by atoms with Crippen molar-refractivity contribution in [1.29, 1.82) is 0 Å². The number of hydrogen-bond acceptors (Lipinski definition) is 2. The molecule has 90 valence electrons. The fourth-order valence-electron chi connectivity index (χ4n) is 2.23. The summed E-state index contributed by atoms with van der Waals surface area (Å²) in [5.41, 5.74) is 7.69. The summed E-state index contributed by atoms with van der Waals surface area (Å²) >= 11 is 0. The van der Waals surface area contributed by atoms with Gasteiger partial charge in [0.25, 0.3) is 0 Å². The molecule has 3 heteroatoms. The number of amides is 1. The van der Waals surface area contributed by atoms with Gasteiger partial charge in [0.1, 0.15) is 0 Å². The number of hydrogen-bond donors (Lipinski definition) is 1. The summed E-state index contributed by atoms with van der Waals surface area (Å²) in [6.45, 7) is 0.727. The molecule has 2 N–H and O–H groups in total. The van der Waals surface area contributed by atoms with E-state index in [1.54, 1.807) is 0 Å². The average molecular weight is 230 g/mol. The van der Waals surface area contributed by atoms with Crippen molar-refractivity contribution in [1.82, 2.24) is 4.90 Å². The molecule has 0 bridgehead atoms. The first-order chi connectivity index (χ1) is 8.24. The zero-order valence-electron chi connectivity index (χ0n) is 9.93. The molecule has 0 unspecified atom stereocenters. The van der Waals surface area contributed by atoms with Gasteiger partial charge in [-0.05, 0) is 43.4 Å². The van der Waals surface area contributed by atoms with Gasteiger partial charge in [-0.25, -0.2) is 0 Å². The first kappa shape index (κ1) is 10.6. The van der Waals surface area contributed by atoms with Crippen LogP contribution in [0.15, 0.2) is 24.3 Å². The molecule has 3 nitrogen and oxygen atoms in total. The predicted molar refractivity (Wildman–Crippen MR) is 67.2 cm³/mol. The lowest BCUT2D eigenvalue weighted by atomic mass is 10.2. The molecular formula is C14H18N2O. The van der Waals surface area contributed by atoms with Gasteiger partial charge in [-0.15, -0.1) is 0 Å². The summed E-state index contributed by atoms with van der Waals surface area (Å²) in [6, 6.07) is 8.34. The monoisotopic (exact) mass is 230 g/mol. The number of carbonyl (C=O) groups excluding carboxylic acids is 1. The summed E-state index contributed by atoms with van der Waals surface area (Å²) in [4.78, 5) is 14.2. The van der Waals surface area contributed by atoms with E-state index in [0.717, 1.165) is 30.6 Å². The molecule has 0 radical (unpaired) electrons. The van der Waals surface area contributed by atoms with Gasteiger partial charge in [-0.1, -0.05) is 12.1 Å². The lowest BCUT2D eigenvalue weighted by Gasteiger charge is -2.22. The molecule has 0 aliphatic heterocycles. The van der Waals surface area contributed by atoms with Gasteiger partial charge >= 0.3 is 0 Å². The molecular weight excluding hydrogens is 212 g/mol. The van der Waals surface area contributed by atoms with E-state index >= 15 is 0 Å². The number of anilines is 1. The fourth-order valence-corrected chi connectivity index (χ4v) is 2.23. The molecule has 0 spiro atoms. The van der Waals surface area contributed by atoms with Crippen molar-refractivity contribution in [3.8, 4) is 0 Å². The quantitative estimate of drug-likeness (QED) is 0.806. The Morgan fingerprint density at radius 2 is 2.06 bits per heavy atom. The molecule has 2 saturated carbocycles. The van der Waals surface area contributed by atoms with Crippen molar-refractivity contribution >= 4 is 11.6 Å². The normalized spacial score (nSPS) is 19.1. The van der Waals surface area contributed by atoms with Crippen molar-refractivity contribution in [2.75, 3.05) is 5.73 Å². The van der Waals surface area contributed by atoms with Gasteiger partial charge in [0.05, 0.1) is 0 Å². The van der Waals surface area contributed by atoms with E-state index in [1.165, 1.54) is 12.8 Å². The predicted octanol–water partition coefficient (Wildman–Crippen LogP) is 2.17. The number of benzene rings is 1. The summed E-state index contributed by atoms with van der Waals surface area (Å²) in [5, 5.41) is 0. The molecule has 0 heterocycles. The number of nitrogens with zero attached hydrogens (tertiary/aromatic N) is 1. The van der Waals surface area contributed by atoms with Gasteiger partial charge in [0.15, 0.2) is 0 Å². The smallest absolute Gasteiger partial charge is 0.226 e. The molecule has 0 saturated heterocycles. The number of nitrogen functional groups attached to an aromatic ring is 1. The van der Waals surface area contributed by atoms with Crippen LogP contribution in [0, 0.1) is 5.92 Å². The standard InChI is InChI=1S/C14H18N2O/c15-12-3-1-2-10(8-12)9-16(13-6-7-13)14(17)11-4-5-11/h1-3,8,11,13H,4-7,9,15H2. The van der Waals surface area contributed by atoms with Crippen LogP contribution in [0.4, 0.5) is 5.69 Å². The Bertz CT molecular complexity index is 436. The van der Waals surface area contributed by atoms with E-state index in [9.17, 15) is 4.79 Å². The molecule has 17 heavy (non-hydrogen) atoms. The second-order valence-electron chi connectivity index (χ2n) is 5.22. The second kappa shape index (κ2) is 4.06. The van der Waals surface area contributed by atoms with Crippen LogP contribution in [0.5, 0.6) is 0 Å². The molecule has 0 atom stereocenters. The molecule has 1 aromatic rings. The van der Waals surface area contributed by atoms with Crippen LogP contribution >= 0.6 is 0 Å². The summed E-state index contributed by atoms with van der Waals surface area (Å²) in [7, 11) is 0. The number of carbonyl (C=O) groups is 1. The van der Waals surface area contributed by atoms with Gasteiger partial charge in [-0.2, -0.15) is 0 Å². The first-order valence-electron chi connectivity index (χ1n) is 6.39. The Morgan fingerprint density at radius 1 is 1.29 bits per heavy atom. The highest BCUT2D eigenvalue weighted by Gasteiger charge is 2.39. The maximum absolute atomic E-state index is 12.2. The van der Waals surface area contributed by atoms with Crippen molar-refractivity contribution in [3.05, 3.63) is 29.8 Å². The zero-order valence-corrected chi connectivity index (χ0v) is 9.93. The van der Waals surface area contributed by atoms with Crippen LogP contribution < -0.4 is 5.73 Å². The zero-order chi connectivity index (χ0) is 11.8. The minimum atomic E-state index is 0.316. The van der Waals surface area contributed by atoms with Gasteiger partial charge < -0.3 is 10.6 Å². The van der Waals surface area contributed by atoms with Crippen LogP contribution in [0.3, 0.4) is 0 Å². The summed E-state index contributed by atoms with van der Waals surface area (Å²) in [5.74, 6) is 0.673. The van der Waals surface area contributed by atoms with Crippen LogP contribution in [0.25, 0.3) is 0 Å². The molecule has 2 aliphatic rings. The third-order valence-electron chi connectivity index (χ3n) is 3.50. The molecule has 0 aromatic heterocycles. The molecule has 2 aliphatic carbocycles. The largest absolute Gasteiger partial charge is 0.399 e. The van der Waals surface area contributed by atoms with Crippen molar-refractivity contribution < 1.29 is 4.79 Å². The van der Waals surface area contributed by atoms with Crippen LogP contribution in [0.2, 0.25) is 0 Å². The molecule has 2 fully saturated rings. The summed E-state index contributed by atoms with van der Waals surface area (Å²) in [6.07, 6.45) is 4.50. The van der Waals surface area contributed by atoms with Crippen molar-refractivity contribution in [3.63, 3.8) is 0 Å². The van der Waals surface area contributed by atoms with Crippen LogP contribution in [0.1, 0.15) is 31.2 Å². The highest BCUT2D eigenvalue weighted by Crippen LogP contribution is 2.36. The lowest BCUT2D eigenvalue weighted by Crippen LogP contribution is -2.33. The minimum absolute atomic E-state index is 0.316. The third kappa shape index (κ3) is 2.43. The van der Waals surface area contributed by atoms with Crippen LogP contribution in [-0.2, 0) is 11.3 Å². The van der Waals surface area contributed by atoms with E-state index in [2.05, 4.69) is 4.90 Å². The first-order valence-corrected chi connectivity index (χ1v) is 6.39. The maximum atomic E-state index is 12.2. The second-order valence-corrected chi connectivity index (χ2v) is 5.22. The Labute approximate surface area is 102 Å². The fraction of sp³-hybridized carbons (Fsp3) is 0.500. The van der Waals surface area contributed by atoms with Crippen LogP contribution in [-0.4, -0.2) is 16.8 Å². The Balaban J connectivity index is 1.73. The lowest BCUT2D eigenvalue weighted by molar-refractivity contribution is -0.133. The highest BCUT2D eigenvalue weighted by molar-refractivity contribution is 5.81. The highest BCUT2D eigenvalue weighted by atomic mass is 16.2. The maximum Gasteiger partial charge on any atom is 0.226 e. The van der Waals surface area contributed by atoms with E-state index in [0.29, 0.717) is 17.9 Å².